The van der Waals surface area contributed by atoms with E-state index in [4.69, 9.17) is 15.0 Å². The Morgan fingerprint density at radius 3 is 2.39 bits per heavy atom. The zero-order chi connectivity index (χ0) is 23.6. The van der Waals surface area contributed by atoms with Gasteiger partial charge in [-0.1, -0.05) is 54.6 Å². The molecule has 2 N–H and O–H groups in total. The van der Waals surface area contributed by atoms with Gasteiger partial charge in [0.2, 0.25) is 10.0 Å². The largest absolute Gasteiger partial charge is 0.494 e. The molecular weight excluding hydrogens is 441 g/mol. The first kappa shape index (κ1) is 22.7. The predicted octanol–water partition coefficient (Wildman–Crippen LogP) is 4.56. The quantitative estimate of drug-likeness (QED) is 0.433. The molecule has 0 saturated carbocycles. The Hall–Kier alpha value is -3.49. The lowest BCUT2D eigenvalue weighted by molar-refractivity contribution is 0.386. The summed E-state index contributed by atoms with van der Waals surface area (Å²) in [6, 6.07) is 21.1. The van der Waals surface area contributed by atoms with Gasteiger partial charge in [0.15, 0.2) is 11.6 Å². The van der Waals surface area contributed by atoms with Crippen molar-refractivity contribution in [2.45, 2.75) is 24.8 Å². The van der Waals surface area contributed by atoms with Crippen LogP contribution in [-0.4, -0.2) is 25.3 Å². The number of aromatic nitrogens is 2. The number of primary sulfonamides is 1. The zero-order valence-corrected chi connectivity index (χ0v) is 19.1. The van der Waals surface area contributed by atoms with Crippen LogP contribution in [0.5, 0.6) is 5.75 Å². The van der Waals surface area contributed by atoms with Crippen LogP contribution in [-0.2, 0) is 23.0 Å². The second-order valence-corrected chi connectivity index (χ2v) is 9.19. The van der Waals surface area contributed by atoms with E-state index in [0.29, 0.717) is 28.9 Å². The van der Waals surface area contributed by atoms with Crippen LogP contribution < -0.4 is 9.88 Å². The highest BCUT2D eigenvalue weighted by Gasteiger charge is 2.24. The van der Waals surface area contributed by atoms with Gasteiger partial charge in [-0.25, -0.2) is 17.9 Å². The van der Waals surface area contributed by atoms with Crippen molar-refractivity contribution < 1.29 is 17.5 Å². The highest BCUT2D eigenvalue weighted by atomic mass is 32.2. The summed E-state index contributed by atoms with van der Waals surface area (Å²) in [4.78, 5) is -0.0343. The van der Waals surface area contributed by atoms with Gasteiger partial charge in [-0.15, -0.1) is 0 Å². The fourth-order valence-electron chi connectivity index (χ4n) is 3.91. The average Bonchev–Trinajstić information content (AvgIpc) is 3.13. The second-order valence-electron chi connectivity index (χ2n) is 7.66. The third-order valence-corrected chi connectivity index (χ3v) is 6.52. The number of aryl methyl sites for hydroxylation is 2. The minimum absolute atomic E-state index is 0.0343. The highest BCUT2D eigenvalue weighted by Crippen LogP contribution is 2.38. The molecule has 0 atom stereocenters. The molecule has 0 fully saturated rings. The molecule has 6 nitrogen and oxygen atoms in total. The number of ether oxygens (including phenoxy) is 1. The molecule has 4 rings (SSSR count). The lowest BCUT2D eigenvalue weighted by Crippen LogP contribution is -2.13. The van der Waals surface area contributed by atoms with E-state index in [1.54, 1.807) is 30.3 Å². The van der Waals surface area contributed by atoms with Crippen LogP contribution in [0, 0.1) is 12.7 Å². The molecule has 0 unspecified atom stereocenters. The molecule has 170 valence electrons. The molecule has 1 aromatic heterocycles. The van der Waals surface area contributed by atoms with Crippen LogP contribution in [0.4, 0.5) is 4.39 Å². The summed E-state index contributed by atoms with van der Waals surface area (Å²) in [6.45, 7) is 2.46. The van der Waals surface area contributed by atoms with Gasteiger partial charge in [-0.05, 0) is 42.7 Å². The van der Waals surface area contributed by atoms with Gasteiger partial charge in [0.1, 0.15) is 5.69 Å². The number of halogens is 1. The van der Waals surface area contributed by atoms with E-state index < -0.39 is 15.8 Å². The van der Waals surface area contributed by atoms with E-state index in [1.807, 2.05) is 41.9 Å². The standard InChI is InChI=1S/C25H24FN3O3S/c1-17-24(19-12-13-22(32-2)21(26)16-19)25(20-10-6-7-11-23(20)33(27,30)31)28-29(17)15-14-18-8-4-3-5-9-18/h3-13,16H,14-15H2,1-2H3,(H2,27,30,31). The summed E-state index contributed by atoms with van der Waals surface area (Å²) >= 11 is 0. The molecule has 0 spiro atoms. The van der Waals surface area contributed by atoms with E-state index in [1.165, 1.54) is 19.2 Å². The maximum atomic E-state index is 14.6. The molecule has 0 aliphatic carbocycles. The zero-order valence-electron chi connectivity index (χ0n) is 18.3. The number of hydrogen-bond acceptors (Lipinski definition) is 4. The van der Waals surface area contributed by atoms with Crippen molar-refractivity contribution in [1.82, 2.24) is 9.78 Å². The summed E-state index contributed by atoms with van der Waals surface area (Å²) in [5.74, 6) is -0.392. The summed E-state index contributed by atoms with van der Waals surface area (Å²) < 4.78 is 46.0. The maximum Gasteiger partial charge on any atom is 0.238 e. The van der Waals surface area contributed by atoms with Crippen LogP contribution in [0.3, 0.4) is 0 Å². The monoisotopic (exact) mass is 465 g/mol. The minimum atomic E-state index is -4.00. The third-order valence-electron chi connectivity index (χ3n) is 5.55. The number of benzene rings is 3. The van der Waals surface area contributed by atoms with Gasteiger partial charge in [0.05, 0.1) is 12.0 Å². The van der Waals surface area contributed by atoms with Gasteiger partial charge in [0, 0.05) is 23.4 Å². The second kappa shape index (κ2) is 9.17. The van der Waals surface area contributed by atoms with Crippen LogP contribution in [0.15, 0.2) is 77.7 Å². The first-order valence-corrected chi connectivity index (χ1v) is 11.9. The Morgan fingerprint density at radius 2 is 1.73 bits per heavy atom. The average molecular weight is 466 g/mol. The summed E-state index contributed by atoms with van der Waals surface area (Å²) in [5, 5.41) is 10.2. The molecular formula is C25H24FN3O3S. The van der Waals surface area contributed by atoms with Gasteiger partial charge in [-0.2, -0.15) is 5.10 Å². The Bertz CT molecular complexity index is 1400. The Balaban J connectivity index is 1.89. The molecule has 1 heterocycles. The van der Waals surface area contributed by atoms with E-state index >= 15 is 0 Å². The Kier molecular flexibility index (Phi) is 6.31. The van der Waals surface area contributed by atoms with Crippen molar-refractivity contribution in [3.05, 3.63) is 89.9 Å². The molecule has 8 heteroatoms. The van der Waals surface area contributed by atoms with Crippen molar-refractivity contribution in [3.63, 3.8) is 0 Å². The fourth-order valence-corrected chi connectivity index (χ4v) is 4.65. The van der Waals surface area contributed by atoms with E-state index in [-0.39, 0.29) is 10.6 Å². The van der Waals surface area contributed by atoms with Crippen LogP contribution in [0.25, 0.3) is 22.4 Å². The first-order chi connectivity index (χ1) is 15.8. The number of methoxy groups -OCH3 is 1. The smallest absolute Gasteiger partial charge is 0.238 e. The molecule has 0 aliphatic heterocycles. The fraction of sp³-hybridized carbons (Fsp3) is 0.160. The van der Waals surface area contributed by atoms with Crippen LogP contribution >= 0.6 is 0 Å². The highest BCUT2D eigenvalue weighted by molar-refractivity contribution is 7.89. The van der Waals surface area contributed by atoms with E-state index in [9.17, 15) is 12.8 Å². The van der Waals surface area contributed by atoms with Gasteiger partial charge in [-0.3, -0.25) is 4.68 Å². The van der Waals surface area contributed by atoms with Gasteiger partial charge >= 0.3 is 0 Å². The van der Waals surface area contributed by atoms with E-state index in [2.05, 4.69) is 0 Å². The minimum Gasteiger partial charge on any atom is -0.494 e. The molecule has 0 saturated heterocycles. The van der Waals surface area contributed by atoms with Crippen molar-refractivity contribution in [1.29, 1.82) is 0 Å². The van der Waals surface area contributed by atoms with Crippen molar-refractivity contribution >= 4 is 10.0 Å². The van der Waals surface area contributed by atoms with Crippen molar-refractivity contribution in [2.75, 3.05) is 7.11 Å². The number of sulfonamides is 1. The SMILES string of the molecule is COc1ccc(-c2c(-c3ccccc3S(N)(=O)=O)nn(CCc3ccccc3)c2C)cc1F. The Labute approximate surface area is 192 Å². The van der Waals surface area contributed by atoms with Crippen LogP contribution in [0.2, 0.25) is 0 Å². The Morgan fingerprint density at radius 1 is 1.03 bits per heavy atom. The summed E-state index contributed by atoms with van der Waals surface area (Å²) in [7, 11) is -2.60. The normalized spacial score (nSPS) is 11.5. The summed E-state index contributed by atoms with van der Waals surface area (Å²) in [5.41, 5.74) is 3.94. The van der Waals surface area contributed by atoms with Gasteiger partial charge in [0.25, 0.3) is 0 Å². The lowest BCUT2D eigenvalue weighted by Gasteiger charge is -2.10. The lowest BCUT2D eigenvalue weighted by atomic mass is 9.99. The van der Waals surface area contributed by atoms with Crippen molar-refractivity contribution in [3.8, 4) is 28.1 Å². The molecule has 33 heavy (non-hydrogen) atoms. The third kappa shape index (κ3) is 4.67. The number of rotatable bonds is 7. The number of nitrogens with zero attached hydrogens (tertiary/aromatic N) is 2. The summed E-state index contributed by atoms with van der Waals surface area (Å²) in [6.07, 6.45) is 0.732. The molecule has 0 radical (unpaired) electrons. The topological polar surface area (TPSA) is 87.2 Å². The van der Waals surface area contributed by atoms with Crippen molar-refractivity contribution in [2.24, 2.45) is 5.14 Å². The van der Waals surface area contributed by atoms with Gasteiger partial charge < -0.3 is 4.74 Å². The number of hydrogen-bond donors (Lipinski definition) is 1. The first-order valence-electron chi connectivity index (χ1n) is 10.4. The molecule has 0 bridgehead atoms. The predicted molar refractivity (Wildman–Crippen MR) is 126 cm³/mol. The molecule has 3 aromatic carbocycles. The maximum absolute atomic E-state index is 14.6. The van der Waals surface area contributed by atoms with E-state index in [0.717, 1.165) is 17.7 Å². The molecule has 0 aliphatic rings. The molecule has 4 aromatic rings. The number of nitrogens with two attached hydrogens (primary N) is 1. The van der Waals surface area contributed by atoms with Crippen LogP contribution in [0.1, 0.15) is 11.3 Å². The molecule has 0 amide bonds.